The quantitative estimate of drug-likeness (QED) is 0.488. The van der Waals surface area contributed by atoms with E-state index in [4.69, 9.17) is 9.84 Å². The number of hydrogen-bond donors (Lipinski definition) is 4. The molecule has 102 valence electrons. The van der Waals surface area contributed by atoms with Gasteiger partial charge in [-0.25, -0.2) is 4.79 Å². The summed E-state index contributed by atoms with van der Waals surface area (Å²) in [6.07, 6.45) is 0.714. The van der Waals surface area contributed by atoms with Crippen LogP contribution in [0.2, 0.25) is 0 Å². The highest BCUT2D eigenvalue weighted by Gasteiger charge is 2.31. The second kappa shape index (κ2) is 6.20. The number of carbonyl (C=O) groups excluding carboxylic acids is 2. The lowest BCUT2D eigenvalue weighted by Crippen LogP contribution is -2.52. The summed E-state index contributed by atoms with van der Waals surface area (Å²) in [6, 6.07) is -0.478. The van der Waals surface area contributed by atoms with E-state index in [1.54, 1.807) is 0 Å². The molecule has 1 rings (SSSR count). The molecule has 1 heterocycles. The zero-order chi connectivity index (χ0) is 13.6. The van der Waals surface area contributed by atoms with Crippen molar-refractivity contribution in [2.24, 2.45) is 0 Å². The van der Waals surface area contributed by atoms with Gasteiger partial charge >= 0.3 is 12.0 Å². The largest absolute Gasteiger partial charge is 0.480 e. The minimum atomic E-state index is -1.14. The van der Waals surface area contributed by atoms with Crippen molar-refractivity contribution in [3.63, 3.8) is 0 Å². The third kappa shape index (κ3) is 5.00. The van der Waals surface area contributed by atoms with Gasteiger partial charge in [0.05, 0.1) is 18.7 Å². The van der Waals surface area contributed by atoms with Gasteiger partial charge < -0.3 is 25.8 Å². The third-order valence-electron chi connectivity index (χ3n) is 2.48. The minimum absolute atomic E-state index is 0.268. The summed E-state index contributed by atoms with van der Waals surface area (Å²) in [7, 11) is 0. The molecule has 1 aliphatic rings. The van der Waals surface area contributed by atoms with E-state index in [-0.39, 0.29) is 6.54 Å². The zero-order valence-corrected chi connectivity index (χ0v) is 10.1. The van der Waals surface area contributed by atoms with Crippen LogP contribution in [0.4, 0.5) is 4.79 Å². The number of carboxylic acid groups (broad SMARTS) is 1. The number of rotatable bonds is 5. The number of ether oxygens (including phenoxy) is 1. The van der Waals surface area contributed by atoms with Gasteiger partial charge in [-0.1, -0.05) is 0 Å². The SMILES string of the molecule is CC1(NC(=O)NCC(=O)NCC(=O)O)CCOC1. The van der Waals surface area contributed by atoms with E-state index >= 15 is 0 Å². The Kier molecular flexibility index (Phi) is 4.90. The highest BCUT2D eigenvalue weighted by Crippen LogP contribution is 2.16. The predicted octanol–water partition coefficient (Wildman–Crippen LogP) is -1.33. The van der Waals surface area contributed by atoms with Crippen molar-refractivity contribution in [3.8, 4) is 0 Å². The van der Waals surface area contributed by atoms with Gasteiger partial charge in [-0.3, -0.25) is 9.59 Å². The molecule has 0 aromatic carbocycles. The predicted molar refractivity (Wildman–Crippen MR) is 61.0 cm³/mol. The summed E-state index contributed by atoms with van der Waals surface area (Å²) in [4.78, 5) is 32.8. The highest BCUT2D eigenvalue weighted by molar-refractivity contribution is 5.86. The average molecular weight is 259 g/mol. The Morgan fingerprint density at radius 1 is 1.28 bits per heavy atom. The average Bonchev–Trinajstić information content (AvgIpc) is 2.70. The summed E-state index contributed by atoms with van der Waals surface area (Å²) in [5.74, 6) is -1.69. The van der Waals surface area contributed by atoms with Crippen molar-refractivity contribution in [2.75, 3.05) is 26.3 Å². The van der Waals surface area contributed by atoms with Crippen LogP contribution in [0.15, 0.2) is 0 Å². The van der Waals surface area contributed by atoms with Gasteiger partial charge in [0.15, 0.2) is 0 Å². The first kappa shape index (κ1) is 14.2. The first-order valence-corrected chi connectivity index (χ1v) is 5.53. The van der Waals surface area contributed by atoms with E-state index in [2.05, 4.69) is 16.0 Å². The number of hydrogen-bond acceptors (Lipinski definition) is 4. The normalized spacial score (nSPS) is 22.3. The first-order chi connectivity index (χ1) is 8.41. The van der Waals surface area contributed by atoms with E-state index < -0.39 is 30.0 Å². The molecule has 8 nitrogen and oxygen atoms in total. The molecule has 4 N–H and O–H groups in total. The molecule has 0 aliphatic carbocycles. The Morgan fingerprint density at radius 3 is 2.56 bits per heavy atom. The third-order valence-corrected chi connectivity index (χ3v) is 2.48. The maximum atomic E-state index is 11.5. The van der Waals surface area contributed by atoms with Crippen molar-refractivity contribution < 1.29 is 24.2 Å². The zero-order valence-electron chi connectivity index (χ0n) is 10.1. The van der Waals surface area contributed by atoms with Crippen molar-refractivity contribution >= 4 is 17.9 Å². The van der Waals surface area contributed by atoms with Crippen LogP contribution in [0.25, 0.3) is 0 Å². The fraction of sp³-hybridized carbons (Fsp3) is 0.700. The maximum Gasteiger partial charge on any atom is 0.322 e. The van der Waals surface area contributed by atoms with Crippen molar-refractivity contribution in [1.29, 1.82) is 0 Å². The van der Waals surface area contributed by atoms with Crippen LogP contribution < -0.4 is 16.0 Å². The molecule has 0 aromatic rings. The standard InChI is InChI=1S/C10H17N3O5/c1-10(2-3-18-6-10)13-9(17)12-4-7(14)11-5-8(15)16/h2-6H2,1H3,(H,11,14)(H,15,16)(H2,12,13,17). The summed E-state index contributed by atoms with van der Waals surface area (Å²) < 4.78 is 5.16. The summed E-state index contributed by atoms with van der Waals surface area (Å²) in [6.45, 7) is 2.15. The minimum Gasteiger partial charge on any atom is -0.480 e. The molecule has 1 fully saturated rings. The smallest absolute Gasteiger partial charge is 0.322 e. The number of urea groups is 1. The number of carbonyl (C=O) groups is 3. The molecule has 18 heavy (non-hydrogen) atoms. The summed E-state index contributed by atoms with van der Waals surface area (Å²) in [5, 5.41) is 15.5. The van der Waals surface area contributed by atoms with E-state index in [0.29, 0.717) is 19.6 Å². The summed E-state index contributed by atoms with van der Waals surface area (Å²) >= 11 is 0. The fourth-order valence-electron chi connectivity index (χ4n) is 1.48. The van der Waals surface area contributed by atoms with Crippen LogP contribution in [0, 0.1) is 0 Å². The van der Waals surface area contributed by atoms with Crippen molar-refractivity contribution in [1.82, 2.24) is 16.0 Å². The van der Waals surface area contributed by atoms with Crippen LogP contribution in [0.1, 0.15) is 13.3 Å². The van der Waals surface area contributed by atoms with E-state index in [1.165, 1.54) is 0 Å². The molecular weight excluding hydrogens is 242 g/mol. The fourth-order valence-corrected chi connectivity index (χ4v) is 1.48. The molecule has 0 saturated carbocycles. The van der Waals surface area contributed by atoms with Crippen LogP contribution in [-0.4, -0.2) is 54.9 Å². The van der Waals surface area contributed by atoms with Gasteiger partial charge in [-0.2, -0.15) is 0 Å². The number of aliphatic carboxylic acids is 1. The van der Waals surface area contributed by atoms with Crippen LogP contribution in [-0.2, 0) is 14.3 Å². The van der Waals surface area contributed by atoms with E-state index in [1.807, 2.05) is 6.92 Å². The Hall–Kier alpha value is -1.83. The van der Waals surface area contributed by atoms with Gasteiger partial charge in [-0.15, -0.1) is 0 Å². The van der Waals surface area contributed by atoms with Crippen molar-refractivity contribution in [2.45, 2.75) is 18.9 Å². The van der Waals surface area contributed by atoms with Crippen molar-refractivity contribution in [3.05, 3.63) is 0 Å². The number of carboxylic acids is 1. The Labute approximate surface area is 104 Å². The maximum absolute atomic E-state index is 11.5. The molecule has 0 spiro atoms. The monoisotopic (exact) mass is 259 g/mol. The molecule has 0 bridgehead atoms. The molecule has 1 saturated heterocycles. The molecule has 1 unspecified atom stereocenters. The number of amides is 3. The van der Waals surface area contributed by atoms with Gasteiger partial charge in [-0.05, 0) is 13.3 Å². The van der Waals surface area contributed by atoms with E-state index in [9.17, 15) is 14.4 Å². The van der Waals surface area contributed by atoms with Gasteiger partial charge in [0.1, 0.15) is 6.54 Å². The molecule has 0 radical (unpaired) electrons. The lowest BCUT2D eigenvalue weighted by Gasteiger charge is -2.23. The second-order valence-corrected chi connectivity index (χ2v) is 4.34. The molecule has 8 heteroatoms. The Balaban J connectivity index is 2.20. The van der Waals surface area contributed by atoms with Gasteiger partial charge in [0.25, 0.3) is 0 Å². The van der Waals surface area contributed by atoms with Crippen LogP contribution in [0.3, 0.4) is 0 Å². The summed E-state index contributed by atoms with van der Waals surface area (Å²) in [5.41, 5.74) is -0.415. The highest BCUT2D eigenvalue weighted by atomic mass is 16.5. The molecule has 3 amide bonds. The lowest BCUT2D eigenvalue weighted by atomic mass is 10.0. The Bertz CT molecular complexity index is 338. The van der Waals surface area contributed by atoms with Gasteiger partial charge in [0, 0.05) is 6.61 Å². The molecule has 1 aliphatic heterocycles. The molecule has 1 atom stereocenters. The first-order valence-electron chi connectivity index (χ1n) is 5.53. The van der Waals surface area contributed by atoms with Crippen LogP contribution >= 0.6 is 0 Å². The lowest BCUT2D eigenvalue weighted by molar-refractivity contribution is -0.137. The molecular formula is C10H17N3O5. The Morgan fingerprint density at radius 2 is 2.00 bits per heavy atom. The van der Waals surface area contributed by atoms with E-state index in [0.717, 1.165) is 0 Å². The van der Waals surface area contributed by atoms with Crippen LogP contribution in [0.5, 0.6) is 0 Å². The molecule has 0 aromatic heterocycles. The topological polar surface area (TPSA) is 117 Å². The number of nitrogens with one attached hydrogen (secondary N) is 3. The second-order valence-electron chi connectivity index (χ2n) is 4.34. The van der Waals surface area contributed by atoms with Gasteiger partial charge in [0.2, 0.25) is 5.91 Å².